The molecule has 2 amide bonds. The van der Waals surface area contributed by atoms with Crippen molar-refractivity contribution < 1.29 is 14.7 Å². The number of amides is 2. The highest BCUT2D eigenvalue weighted by Gasteiger charge is 2.32. The lowest BCUT2D eigenvalue weighted by atomic mass is 9.84. The van der Waals surface area contributed by atoms with Crippen LogP contribution in [0.3, 0.4) is 0 Å². The van der Waals surface area contributed by atoms with E-state index in [-0.39, 0.29) is 18.0 Å². The molecule has 0 aromatic heterocycles. The predicted octanol–water partition coefficient (Wildman–Crippen LogP) is 3.10. The highest BCUT2D eigenvalue weighted by molar-refractivity contribution is 5.82. The van der Waals surface area contributed by atoms with E-state index in [1.165, 1.54) is 6.42 Å². The number of hydrogen-bond donors (Lipinski definition) is 2. The second-order valence-corrected chi connectivity index (χ2v) is 6.75. The van der Waals surface area contributed by atoms with Crippen LogP contribution in [-0.2, 0) is 4.79 Å². The highest BCUT2D eigenvalue weighted by atomic mass is 16.4. The third kappa shape index (κ3) is 5.56. The number of carboxylic acids is 1. The van der Waals surface area contributed by atoms with E-state index in [9.17, 15) is 14.7 Å². The van der Waals surface area contributed by atoms with Gasteiger partial charge in [0.25, 0.3) is 0 Å². The van der Waals surface area contributed by atoms with Crippen LogP contribution in [0.15, 0.2) is 0 Å². The number of urea groups is 1. The van der Waals surface area contributed by atoms with Gasteiger partial charge in [0.2, 0.25) is 0 Å². The molecule has 1 rings (SSSR count). The molecule has 2 N–H and O–H groups in total. The second-order valence-electron chi connectivity index (χ2n) is 6.75. The van der Waals surface area contributed by atoms with Gasteiger partial charge in [-0.2, -0.15) is 0 Å². The van der Waals surface area contributed by atoms with Crippen LogP contribution < -0.4 is 5.32 Å². The molecular weight excluding hydrogens is 268 g/mol. The largest absolute Gasteiger partial charge is 0.480 e. The number of carboxylic acid groups (broad SMARTS) is 1. The number of aliphatic carboxylic acids is 1. The average molecular weight is 298 g/mol. The van der Waals surface area contributed by atoms with Gasteiger partial charge in [-0.3, -0.25) is 0 Å². The Bertz CT molecular complexity index is 351. The molecule has 5 nitrogen and oxygen atoms in total. The smallest absolute Gasteiger partial charge is 0.326 e. The first-order chi connectivity index (χ1) is 9.82. The van der Waals surface area contributed by atoms with E-state index < -0.39 is 12.0 Å². The number of rotatable bonds is 6. The van der Waals surface area contributed by atoms with Crippen LogP contribution in [0.4, 0.5) is 4.79 Å². The molecule has 2 atom stereocenters. The molecule has 0 spiro atoms. The van der Waals surface area contributed by atoms with E-state index in [4.69, 9.17) is 0 Å². The summed E-state index contributed by atoms with van der Waals surface area (Å²) in [4.78, 5) is 25.4. The van der Waals surface area contributed by atoms with Crippen LogP contribution in [-0.4, -0.2) is 41.1 Å². The van der Waals surface area contributed by atoms with Crippen molar-refractivity contribution >= 4 is 12.0 Å². The topological polar surface area (TPSA) is 69.6 Å². The van der Waals surface area contributed by atoms with Gasteiger partial charge in [0.15, 0.2) is 0 Å². The Kier molecular flexibility index (Phi) is 6.99. The Hall–Kier alpha value is -1.26. The van der Waals surface area contributed by atoms with Crippen molar-refractivity contribution in [2.75, 3.05) is 7.05 Å². The molecule has 0 saturated heterocycles. The summed E-state index contributed by atoms with van der Waals surface area (Å²) < 4.78 is 0. The van der Waals surface area contributed by atoms with Crippen LogP contribution in [0.1, 0.15) is 59.3 Å². The van der Waals surface area contributed by atoms with Crippen molar-refractivity contribution in [1.82, 2.24) is 10.2 Å². The molecule has 0 heterocycles. The minimum absolute atomic E-state index is 0.0639. The predicted molar refractivity (Wildman–Crippen MR) is 83.2 cm³/mol. The van der Waals surface area contributed by atoms with Crippen molar-refractivity contribution in [3.05, 3.63) is 0 Å². The minimum Gasteiger partial charge on any atom is -0.480 e. The monoisotopic (exact) mass is 298 g/mol. The third-order valence-electron chi connectivity index (χ3n) is 4.46. The fraction of sp³-hybridized carbons (Fsp3) is 0.875. The molecule has 122 valence electrons. The summed E-state index contributed by atoms with van der Waals surface area (Å²) in [5.74, 6) is -0.349. The van der Waals surface area contributed by atoms with E-state index in [2.05, 4.69) is 19.2 Å². The number of carbonyl (C=O) groups is 2. The van der Waals surface area contributed by atoms with Crippen molar-refractivity contribution in [3.8, 4) is 0 Å². The second kappa shape index (κ2) is 8.25. The summed E-state index contributed by atoms with van der Waals surface area (Å²) in [5, 5.41) is 12.1. The van der Waals surface area contributed by atoms with Gasteiger partial charge in [-0.15, -0.1) is 0 Å². The SMILES string of the molecule is CC(C)CC(C)N(C)C(=O)NC(C(=O)O)C1CCCCC1. The number of hydrogen-bond acceptors (Lipinski definition) is 2. The Morgan fingerprint density at radius 2 is 1.76 bits per heavy atom. The number of carbonyl (C=O) groups excluding carboxylic acids is 1. The van der Waals surface area contributed by atoms with Gasteiger partial charge >= 0.3 is 12.0 Å². The van der Waals surface area contributed by atoms with Gasteiger partial charge in [-0.05, 0) is 38.0 Å². The van der Waals surface area contributed by atoms with Gasteiger partial charge in [0.05, 0.1) is 0 Å². The lowest BCUT2D eigenvalue weighted by molar-refractivity contribution is -0.141. The van der Waals surface area contributed by atoms with E-state index in [1.54, 1.807) is 11.9 Å². The van der Waals surface area contributed by atoms with Gasteiger partial charge in [-0.25, -0.2) is 9.59 Å². The first kappa shape index (κ1) is 17.8. The Morgan fingerprint density at radius 1 is 1.19 bits per heavy atom. The molecule has 1 saturated carbocycles. The molecule has 0 aromatic rings. The quantitative estimate of drug-likeness (QED) is 0.791. The molecule has 0 aromatic carbocycles. The molecule has 1 fully saturated rings. The van der Waals surface area contributed by atoms with Crippen molar-refractivity contribution in [2.24, 2.45) is 11.8 Å². The summed E-state index contributed by atoms with van der Waals surface area (Å²) in [5.41, 5.74) is 0. The van der Waals surface area contributed by atoms with Gasteiger partial charge in [-0.1, -0.05) is 33.1 Å². The zero-order valence-corrected chi connectivity index (χ0v) is 13.8. The lowest BCUT2D eigenvalue weighted by Crippen LogP contribution is -2.52. The molecular formula is C16H30N2O3. The molecule has 21 heavy (non-hydrogen) atoms. The molecule has 1 aliphatic rings. The Labute approximate surface area is 128 Å². The highest BCUT2D eigenvalue weighted by Crippen LogP contribution is 2.26. The zero-order valence-electron chi connectivity index (χ0n) is 13.8. The van der Waals surface area contributed by atoms with Crippen molar-refractivity contribution in [3.63, 3.8) is 0 Å². The number of nitrogens with zero attached hydrogens (tertiary/aromatic N) is 1. The summed E-state index contributed by atoms with van der Waals surface area (Å²) in [6, 6.07) is -0.932. The van der Waals surface area contributed by atoms with Crippen LogP contribution in [0.2, 0.25) is 0 Å². The standard InChI is InChI=1S/C16H30N2O3/c1-11(2)10-12(3)18(4)16(21)17-14(15(19)20)13-8-6-5-7-9-13/h11-14H,5-10H2,1-4H3,(H,17,21)(H,19,20). The van der Waals surface area contributed by atoms with Gasteiger partial charge in [0.1, 0.15) is 6.04 Å². The van der Waals surface area contributed by atoms with Crippen molar-refractivity contribution in [2.45, 2.75) is 71.4 Å². The van der Waals surface area contributed by atoms with Crippen LogP contribution in [0.25, 0.3) is 0 Å². The average Bonchev–Trinajstić information content (AvgIpc) is 2.43. The first-order valence-electron chi connectivity index (χ1n) is 8.09. The Morgan fingerprint density at radius 3 is 2.24 bits per heavy atom. The van der Waals surface area contributed by atoms with E-state index in [1.807, 2.05) is 6.92 Å². The summed E-state index contributed by atoms with van der Waals surface area (Å²) in [6.07, 6.45) is 5.98. The number of nitrogens with one attached hydrogen (secondary N) is 1. The third-order valence-corrected chi connectivity index (χ3v) is 4.46. The van der Waals surface area contributed by atoms with E-state index in [0.29, 0.717) is 5.92 Å². The zero-order chi connectivity index (χ0) is 16.0. The molecule has 2 unspecified atom stereocenters. The Balaban J connectivity index is 2.61. The molecule has 0 aliphatic heterocycles. The maximum absolute atomic E-state index is 12.3. The normalized spacial score (nSPS) is 19.1. The molecule has 0 radical (unpaired) electrons. The first-order valence-corrected chi connectivity index (χ1v) is 8.09. The van der Waals surface area contributed by atoms with Crippen molar-refractivity contribution in [1.29, 1.82) is 0 Å². The minimum atomic E-state index is -0.917. The molecule has 5 heteroatoms. The van der Waals surface area contributed by atoms with Crippen LogP contribution >= 0.6 is 0 Å². The summed E-state index contributed by atoms with van der Waals surface area (Å²) >= 11 is 0. The van der Waals surface area contributed by atoms with Gasteiger partial charge in [0, 0.05) is 13.1 Å². The van der Waals surface area contributed by atoms with Crippen LogP contribution in [0, 0.1) is 11.8 Å². The maximum atomic E-state index is 12.3. The molecule has 1 aliphatic carbocycles. The van der Waals surface area contributed by atoms with Crippen LogP contribution in [0.5, 0.6) is 0 Å². The van der Waals surface area contributed by atoms with E-state index >= 15 is 0 Å². The molecule has 0 bridgehead atoms. The van der Waals surface area contributed by atoms with E-state index in [0.717, 1.165) is 32.1 Å². The maximum Gasteiger partial charge on any atom is 0.326 e. The lowest BCUT2D eigenvalue weighted by Gasteiger charge is -2.32. The van der Waals surface area contributed by atoms with Gasteiger partial charge < -0.3 is 15.3 Å². The summed E-state index contributed by atoms with van der Waals surface area (Å²) in [7, 11) is 1.74. The summed E-state index contributed by atoms with van der Waals surface area (Å²) in [6.45, 7) is 6.23. The fourth-order valence-electron chi connectivity index (χ4n) is 3.12. The fourth-order valence-corrected chi connectivity index (χ4v) is 3.12.